The van der Waals surface area contributed by atoms with Gasteiger partial charge < -0.3 is 5.11 Å². The molecular weight excluding hydrogens is 168 g/mol. The lowest BCUT2D eigenvalue weighted by Crippen LogP contribution is -2.07. The molecule has 0 saturated carbocycles. The van der Waals surface area contributed by atoms with Crippen LogP contribution in [0.4, 0.5) is 0 Å². The second kappa shape index (κ2) is 3.85. The van der Waals surface area contributed by atoms with E-state index in [1.54, 1.807) is 19.1 Å². The molecular formula is C10H10O3. The maximum absolute atomic E-state index is 11.3. The van der Waals surface area contributed by atoms with Gasteiger partial charge in [0, 0.05) is 12.0 Å². The van der Waals surface area contributed by atoms with E-state index < -0.39 is 5.97 Å². The van der Waals surface area contributed by atoms with Crippen molar-refractivity contribution in [3.8, 4) is 0 Å². The summed E-state index contributed by atoms with van der Waals surface area (Å²) in [6.07, 6.45) is 0.324. The molecule has 3 nitrogen and oxygen atoms in total. The molecule has 1 aromatic rings. The Hall–Kier alpha value is -1.64. The molecule has 0 saturated heterocycles. The van der Waals surface area contributed by atoms with E-state index in [0.29, 0.717) is 6.42 Å². The van der Waals surface area contributed by atoms with Crippen LogP contribution in [0.5, 0.6) is 0 Å². The Kier molecular flexibility index (Phi) is 2.80. The molecule has 0 bridgehead atoms. The zero-order chi connectivity index (χ0) is 9.84. The van der Waals surface area contributed by atoms with Crippen molar-refractivity contribution in [3.63, 3.8) is 0 Å². The van der Waals surface area contributed by atoms with E-state index in [2.05, 4.69) is 0 Å². The molecule has 68 valence electrons. The summed E-state index contributed by atoms with van der Waals surface area (Å²) in [5.41, 5.74) is 0.367. The second-order valence-electron chi connectivity index (χ2n) is 2.63. The minimum atomic E-state index is -1.06. The molecule has 0 fully saturated rings. The highest BCUT2D eigenvalue weighted by Gasteiger charge is 2.13. The number of Topliss-reactive ketones (excluding diaryl/α,β-unsaturated/α-hetero) is 1. The predicted octanol–water partition coefficient (Wildman–Crippen LogP) is 1.98. The zero-order valence-electron chi connectivity index (χ0n) is 7.28. The number of hydrogen-bond acceptors (Lipinski definition) is 2. The molecule has 0 atom stereocenters. The van der Waals surface area contributed by atoms with E-state index >= 15 is 0 Å². The quantitative estimate of drug-likeness (QED) is 0.720. The van der Waals surface area contributed by atoms with Crippen LogP contribution < -0.4 is 0 Å². The molecule has 0 spiro atoms. The number of carbonyl (C=O) groups is 2. The maximum Gasteiger partial charge on any atom is 0.336 e. The third-order valence-electron chi connectivity index (χ3n) is 1.78. The Balaban J connectivity index is 3.19. The maximum atomic E-state index is 11.3. The number of carboxylic acids is 1. The van der Waals surface area contributed by atoms with E-state index in [0.717, 1.165) is 0 Å². The van der Waals surface area contributed by atoms with Crippen molar-refractivity contribution >= 4 is 11.8 Å². The van der Waals surface area contributed by atoms with Gasteiger partial charge in [0.25, 0.3) is 0 Å². The van der Waals surface area contributed by atoms with E-state index in [-0.39, 0.29) is 16.9 Å². The summed E-state index contributed by atoms with van der Waals surface area (Å²) >= 11 is 0. The van der Waals surface area contributed by atoms with Crippen LogP contribution >= 0.6 is 0 Å². The normalized spacial score (nSPS) is 9.62. The van der Waals surface area contributed by atoms with Crippen molar-refractivity contribution in [1.29, 1.82) is 0 Å². The lowest BCUT2D eigenvalue weighted by atomic mass is 10.0. The Labute approximate surface area is 76.0 Å². The van der Waals surface area contributed by atoms with Crippen LogP contribution in [0.25, 0.3) is 0 Å². The molecule has 0 heterocycles. The van der Waals surface area contributed by atoms with Gasteiger partial charge in [0.05, 0.1) is 5.56 Å². The highest BCUT2D eigenvalue weighted by molar-refractivity contribution is 6.05. The van der Waals surface area contributed by atoms with E-state index in [4.69, 9.17) is 5.11 Å². The van der Waals surface area contributed by atoms with Crippen LogP contribution in [0.2, 0.25) is 0 Å². The summed E-state index contributed by atoms with van der Waals surface area (Å²) in [4.78, 5) is 22.0. The number of carboxylic acid groups (broad SMARTS) is 1. The summed E-state index contributed by atoms with van der Waals surface area (Å²) in [6.45, 7) is 1.71. The molecule has 1 rings (SSSR count). The first kappa shape index (κ1) is 9.45. The Morgan fingerprint density at radius 1 is 1.23 bits per heavy atom. The van der Waals surface area contributed by atoms with Crippen molar-refractivity contribution in [2.75, 3.05) is 0 Å². The average molecular weight is 178 g/mol. The monoisotopic (exact) mass is 178 g/mol. The highest BCUT2D eigenvalue weighted by atomic mass is 16.4. The average Bonchev–Trinajstić information content (AvgIpc) is 2.16. The number of aromatic carboxylic acids is 1. The van der Waals surface area contributed by atoms with Crippen LogP contribution in [0.3, 0.4) is 0 Å². The van der Waals surface area contributed by atoms with Crippen molar-refractivity contribution < 1.29 is 14.7 Å². The first-order chi connectivity index (χ1) is 6.16. The standard InChI is InChI=1S/C10H10O3/c1-2-9(11)7-5-3-4-6-8(7)10(12)13/h3-6H,2H2,1H3,(H,12,13). The van der Waals surface area contributed by atoms with Crippen LogP contribution in [0.1, 0.15) is 34.1 Å². The van der Waals surface area contributed by atoms with E-state index in [1.165, 1.54) is 12.1 Å². The summed E-state index contributed by atoms with van der Waals surface area (Å²) < 4.78 is 0. The first-order valence-electron chi connectivity index (χ1n) is 4.02. The number of hydrogen-bond donors (Lipinski definition) is 1. The first-order valence-corrected chi connectivity index (χ1v) is 4.02. The van der Waals surface area contributed by atoms with Gasteiger partial charge in [-0.05, 0) is 6.07 Å². The predicted molar refractivity (Wildman–Crippen MR) is 48.0 cm³/mol. The molecule has 13 heavy (non-hydrogen) atoms. The topological polar surface area (TPSA) is 54.4 Å². The minimum Gasteiger partial charge on any atom is -0.478 e. The molecule has 0 aliphatic rings. The van der Waals surface area contributed by atoms with E-state index in [9.17, 15) is 9.59 Å². The van der Waals surface area contributed by atoms with Gasteiger partial charge in [-0.15, -0.1) is 0 Å². The second-order valence-corrected chi connectivity index (χ2v) is 2.63. The fraction of sp³-hybridized carbons (Fsp3) is 0.200. The lowest BCUT2D eigenvalue weighted by molar-refractivity contribution is 0.0692. The number of benzene rings is 1. The largest absolute Gasteiger partial charge is 0.478 e. The summed E-state index contributed by atoms with van der Waals surface area (Å²) in [5.74, 6) is -1.20. The molecule has 1 N–H and O–H groups in total. The van der Waals surface area contributed by atoms with Crippen molar-refractivity contribution in [2.45, 2.75) is 13.3 Å². The van der Waals surface area contributed by atoms with Gasteiger partial charge in [0.2, 0.25) is 0 Å². The Bertz CT molecular complexity index is 342. The summed E-state index contributed by atoms with van der Waals surface area (Å²) in [7, 11) is 0. The molecule has 0 unspecified atom stereocenters. The summed E-state index contributed by atoms with van der Waals surface area (Å²) in [5, 5.41) is 8.76. The van der Waals surface area contributed by atoms with Gasteiger partial charge in [-0.1, -0.05) is 25.1 Å². The fourth-order valence-corrected chi connectivity index (χ4v) is 1.10. The van der Waals surface area contributed by atoms with Crippen molar-refractivity contribution in [2.24, 2.45) is 0 Å². The van der Waals surface area contributed by atoms with Crippen LogP contribution in [-0.4, -0.2) is 16.9 Å². The van der Waals surface area contributed by atoms with Gasteiger partial charge in [-0.2, -0.15) is 0 Å². The van der Waals surface area contributed by atoms with Gasteiger partial charge in [-0.25, -0.2) is 4.79 Å². The third-order valence-corrected chi connectivity index (χ3v) is 1.78. The Morgan fingerprint density at radius 3 is 2.23 bits per heavy atom. The van der Waals surface area contributed by atoms with Crippen LogP contribution in [0, 0.1) is 0 Å². The van der Waals surface area contributed by atoms with Crippen LogP contribution in [-0.2, 0) is 0 Å². The molecule has 1 aromatic carbocycles. The minimum absolute atomic E-state index is 0.0781. The van der Waals surface area contributed by atoms with Crippen molar-refractivity contribution in [3.05, 3.63) is 35.4 Å². The smallest absolute Gasteiger partial charge is 0.336 e. The van der Waals surface area contributed by atoms with Gasteiger partial charge in [-0.3, -0.25) is 4.79 Å². The highest BCUT2D eigenvalue weighted by Crippen LogP contribution is 2.10. The molecule has 0 radical (unpaired) electrons. The summed E-state index contributed by atoms with van der Waals surface area (Å²) in [6, 6.07) is 6.24. The third kappa shape index (κ3) is 1.93. The number of rotatable bonds is 3. The fourth-order valence-electron chi connectivity index (χ4n) is 1.10. The van der Waals surface area contributed by atoms with Crippen molar-refractivity contribution in [1.82, 2.24) is 0 Å². The van der Waals surface area contributed by atoms with Gasteiger partial charge in [0.1, 0.15) is 0 Å². The number of ketones is 1. The molecule has 0 amide bonds. The van der Waals surface area contributed by atoms with Crippen LogP contribution in [0.15, 0.2) is 24.3 Å². The molecule has 0 aliphatic carbocycles. The molecule has 3 heteroatoms. The SMILES string of the molecule is CCC(=O)c1ccccc1C(=O)O. The van der Waals surface area contributed by atoms with E-state index in [1.807, 2.05) is 0 Å². The number of carbonyl (C=O) groups excluding carboxylic acids is 1. The molecule has 0 aromatic heterocycles. The molecule has 0 aliphatic heterocycles. The van der Waals surface area contributed by atoms with Gasteiger partial charge in [0.15, 0.2) is 5.78 Å². The van der Waals surface area contributed by atoms with Gasteiger partial charge >= 0.3 is 5.97 Å². The Morgan fingerprint density at radius 2 is 1.77 bits per heavy atom. The zero-order valence-corrected chi connectivity index (χ0v) is 7.28. The lowest BCUT2D eigenvalue weighted by Gasteiger charge is -2.01.